The van der Waals surface area contributed by atoms with E-state index in [9.17, 15) is 19.7 Å². The number of nitro groups is 1. The van der Waals surface area contributed by atoms with Gasteiger partial charge in [-0.3, -0.25) is 14.9 Å². The van der Waals surface area contributed by atoms with Crippen molar-refractivity contribution in [1.29, 1.82) is 0 Å². The molecular weight excluding hydrogens is 327 g/mol. The van der Waals surface area contributed by atoms with E-state index in [-0.39, 0.29) is 18.7 Å². The zero-order valence-electron chi connectivity index (χ0n) is 14.8. The van der Waals surface area contributed by atoms with E-state index >= 15 is 0 Å². The number of hydrogen-bond acceptors (Lipinski definition) is 7. The summed E-state index contributed by atoms with van der Waals surface area (Å²) in [7, 11) is 1.17. The maximum atomic E-state index is 11.9. The summed E-state index contributed by atoms with van der Waals surface area (Å²) in [4.78, 5) is 32.8. The molecule has 0 heterocycles. The molecule has 8 nitrogen and oxygen atoms in total. The highest BCUT2D eigenvalue weighted by molar-refractivity contribution is 6.64. The molecule has 0 spiro atoms. The Hall–Kier alpha value is -2.42. The van der Waals surface area contributed by atoms with Crippen molar-refractivity contribution in [2.75, 3.05) is 6.61 Å². The number of rotatable bonds is 9. The van der Waals surface area contributed by atoms with Crippen molar-refractivity contribution >= 4 is 25.3 Å². The smallest absolute Gasteiger partial charge is 0.307 e. The summed E-state index contributed by atoms with van der Waals surface area (Å²) in [5.74, 6) is -0.0973. The molecule has 0 amide bonds. The van der Waals surface area contributed by atoms with Crippen LogP contribution in [0.2, 0.25) is 0 Å². The summed E-state index contributed by atoms with van der Waals surface area (Å²) >= 11 is 0. The van der Waals surface area contributed by atoms with Gasteiger partial charge in [-0.1, -0.05) is 0 Å². The van der Waals surface area contributed by atoms with Crippen molar-refractivity contribution < 1.29 is 24.0 Å². The molecule has 1 atom stereocenters. The number of aryl methyl sites for hydroxylation is 1. The van der Waals surface area contributed by atoms with Crippen LogP contribution < -0.4 is 9.96 Å². The molecule has 0 aromatic heterocycles. The number of nitrogens with one attached hydrogen (secondary N) is 1. The summed E-state index contributed by atoms with van der Waals surface area (Å²) < 4.78 is 10.9. The van der Waals surface area contributed by atoms with Crippen molar-refractivity contribution in [2.45, 2.75) is 45.8 Å². The first kappa shape index (κ1) is 20.6. The first-order valence-electron chi connectivity index (χ1n) is 7.75. The lowest BCUT2D eigenvalue weighted by molar-refractivity contribution is -0.385. The molecule has 0 saturated carbocycles. The maximum absolute atomic E-state index is 11.9. The number of benzene rings is 1. The summed E-state index contributed by atoms with van der Waals surface area (Å²) in [6.07, 6.45) is 0.538. The highest BCUT2D eigenvalue weighted by atomic mass is 16.6. The van der Waals surface area contributed by atoms with Crippen LogP contribution in [0.1, 0.15) is 32.8 Å². The number of esters is 1. The van der Waals surface area contributed by atoms with Crippen LogP contribution in [0.15, 0.2) is 18.2 Å². The molecule has 1 N–H and O–H groups in total. The summed E-state index contributed by atoms with van der Waals surface area (Å²) in [6.45, 7) is 7.06. The van der Waals surface area contributed by atoms with Gasteiger partial charge in [0.2, 0.25) is 0 Å². The van der Waals surface area contributed by atoms with E-state index in [1.54, 1.807) is 33.8 Å². The molecule has 0 fully saturated rings. The molecule has 0 aliphatic carbocycles. The van der Waals surface area contributed by atoms with Crippen LogP contribution in [0.5, 0.6) is 5.75 Å². The highest BCUT2D eigenvalue weighted by Crippen LogP contribution is 2.24. The first-order valence-corrected chi connectivity index (χ1v) is 7.75. The van der Waals surface area contributed by atoms with Crippen LogP contribution in [0.25, 0.3) is 0 Å². The van der Waals surface area contributed by atoms with E-state index in [2.05, 4.69) is 5.23 Å². The van der Waals surface area contributed by atoms with Crippen molar-refractivity contribution in [2.24, 2.45) is 0 Å². The number of carbonyl (C=O) groups excluding carboxylic acids is 2. The van der Waals surface area contributed by atoms with Gasteiger partial charge < -0.3 is 19.5 Å². The van der Waals surface area contributed by atoms with E-state index in [1.165, 1.54) is 19.5 Å². The minimum absolute atomic E-state index is 0.0183. The quantitative estimate of drug-likeness (QED) is 0.238. The second-order valence-corrected chi connectivity index (χ2v) is 6.47. The minimum Gasteiger partial charge on any atom is -0.491 e. The number of ether oxygens (including phenoxy) is 2. The molecule has 1 aromatic rings. The zero-order valence-corrected chi connectivity index (χ0v) is 14.8. The van der Waals surface area contributed by atoms with Gasteiger partial charge in [0.1, 0.15) is 18.0 Å². The minimum atomic E-state index is -0.618. The molecule has 1 aromatic carbocycles. The first-order chi connectivity index (χ1) is 11.6. The Bertz CT molecular complexity index is 630. The number of carbonyl (C=O) groups is 2. The monoisotopic (exact) mass is 349 g/mol. The standard InChI is InChI=1S/C16H22BN2O6/c1-11-5-6-13(19(22)23)8-14(11)24-9-12(18-17-10-20)7-15(21)25-16(2,3)4/h5-6,8,10,12,18H,7,9H2,1-4H3/t12-/m1/s1. The molecule has 0 saturated heterocycles. The van der Waals surface area contributed by atoms with Crippen LogP contribution in [-0.2, 0) is 14.3 Å². The van der Waals surface area contributed by atoms with E-state index in [0.717, 1.165) is 5.56 Å². The van der Waals surface area contributed by atoms with Gasteiger partial charge in [0.05, 0.1) is 23.6 Å². The van der Waals surface area contributed by atoms with E-state index < -0.39 is 22.5 Å². The predicted molar refractivity (Wildman–Crippen MR) is 93.2 cm³/mol. The normalized spacial score (nSPS) is 12.2. The summed E-state index contributed by atoms with van der Waals surface area (Å²) in [6, 6.07) is 3.78. The lowest BCUT2D eigenvalue weighted by Gasteiger charge is -2.23. The lowest BCUT2D eigenvalue weighted by Crippen LogP contribution is -2.41. The molecule has 1 radical (unpaired) electrons. The van der Waals surface area contributed by atoms with Crippen molar-refractivity contribution in [3.8, 4) is 5.75 Å². The van der Waals surface area contributed by atoms with Crippen molar-refractivity contribution in [3.63, 3.8) is 0 Å². The Morgan fingerprint density at radius 3 is 2.68 bits per heavy atom. The fourth-order valence-corrected chi connectivity index (χ4v) is 1.97. The average Bonchev–Trinajstić information content (AvgIpc) is 2.49. The lowest BCUT2D eigenvalue weighted by atomic mass is 9.96. The maximum Gasteiger partial charge on any atom is 0.307 e. The molecule has 1 rings (SSSR count). The van der Waals surface area contributed by atoms with Gasteiger partial charge in [-0.25, -0.2) is 0 Å². The second-order valence-electron chi connectivity index (χ2n) is 6.47. The SMILES string of the molecule is Cc1ccc([N+](=O)[O-])cc1OC[C@@H](CC(=O)OC(C)(C)C)N[B]C=O. The highest BCUT2D eigenvalue weighted by Gasteiger charge is 2.21. The third-order valence-corrected chi connectivity index (χ3v) is 3.06. The van der Waals surface area contributed by atoms with Crippen molar-refractivity contribution in [1.82, 2.24) is 5.23 Å². The topological polar surface area (TPSA) is 108 Å². The van der Waals surface area contributed by atoms with Gasteiger partial charge in [-0.05, 0) is 39.3 Å². The molecular formula is C16H22BN2O6. The molecule has 135 valence electrons. The summed E-state index contributed by atoms with van der Waals surface area (Å²) in [5, 5.41) is 13.6. The van der Waals surface area contributed by atoms with Crippen LogP contribution in [0, 0.1) is 17.0 Å². The number of hydrogen-bond donors (Lipinski definition) is 1. The Labute approximate surface area is 147 Å². The fourth-order valence-electron chi connectivity index (χ4n) is 1.97. The third kappa shape index (κ3) is 7.80. The average molecular weight is 349 g/mol. The molecule has 0 unspecified atom stereocenters. The number of non-ortho nitro benzene ring substituents is 1. The Morgan fingerprint density at radius 2 is 2.12 bits per heavy atom. The molecule has 0 bridgehead atoms. The van der Waals surface area contributed by atoms with Crippen molar-refractivity contribution in [3.05, 3.63) is 33.9 Å². The van der Waals surface area contributed by atoms with Gasteiger partial charge >= 0.3 is 5.97 Å². The van der Waals surface area contributed by atoms with E-state index in [1.807, 2.05) is 0 Å². The molecule has 0 aliphatic rings. The second kappa shape index (κ2) is 9.17. The Balaban J connectivity index is 2.75. The molecule has 25 heavy (non-hydrogen) atoms. The van der Waals surface area contributed by atoms with Gasteiger partial charge in [0, 0.05) is 12.1 Å². The van der Waals surface area contributed by atoms with Crippen LogP contribution in [0.3, 0.4) is 0 Å². The molecule has 9 heteroatoms. The van der Waals surface area contributed by atoms with Crippen LogP contribution in [-0.4, -0.2) is 42.7 Å². The fraction of sp³-hybridized carbons (Fsp3) is 0.500. The Kier molecular flexibility index (Phi) is 7.57. The van der Waals surface area contributed by atoms with Gasteiger partial charge in [-0.15, -0.1) is 0 Å². The predicted octanol–water partition coefficient (Wildman–Crippen LogP) is 1.78. The van der Waals surface area contributed by atoms with Gasteiger partial charge in [-0.2, -0.15) is 0 Å². The number of nitrogens with zero attached hydrogens (tertiary/aromatic N) is 1. The van der Waals surface area contributed by atoms with Crippen LogP contribution >= 0.6 is 0 Å². The molecule has 0 aliphatic heterocycles. The summed E-state index contributed by atoms with van der Waals surface area (Å²) in [5.41, 5.74) is 0.0192. The van der Waals surface area contributed by atoms with Crippen LogP contribution in [0.4, 0.5) is 5.69 Å². The van der Waals surface area contributed by atoms with E-state index in [4.69, 9.17) is 9.47 Å². The number of nitro benzene ring substituents is 1. The Morgan fingerprint density at radius 1 is 1.44 bits per heavy atom. The largest absolute Gasteiger partial charge is 0.491 e. The van der Waals surface area contributed by atoms with Gasteiger partial charge in [0.15, 0.2) is 0 Å². The zero-order chi connectivity index (χ0) is 19.0. The third-order valence-electron chi connectivity index (χ3n) is 3.06. The van der Waals surface area contributed by atoms with E-state index in [0.29, 0.717) is 11.9 Å². The van der Waals surface area contributed by atoms with Gasteiger partial charge in [0.25, 0.3) is 13.1 Å².